The topological polar surface area (TPSA) is 61.9 Å². The Balaban J connectivity index is 1.59. The van der Waals surface area contributed by atoms with Crippen LogP contribution in [0.3, 0.4) is 0 Å². The number of hydrogen-bond acceptors (Lipinski definition) is 6. The standard InChI is InChI=1S/C24H26FN5O/c1-4-5-16-31-24-15-12-21(17-23(24)25)29-28-19-8-6-18(7-9-19)26-27-20-10-13-22(14-11-20)30(2)3/h6-15,17H,4-5,16H2,1-3H3. The van der Waals surface area contributed by atoms with Crippen molar-refractivity contribution in [3.63, 3.8) is 0 Å². The van der Waals surface area contributed by atoms with Gasteiger partial charge in [0, 0.05) is 25.8 Å². The van der Waals surface area contributed by atoms with E-state index in [1.54, 1.807) is 36.4 Å². The molecule has 0 unspecified atom stereocenters. The highest BCUT2D eigenvalue weighted by atomic mass is 19.1. The normalized spacial score (nSPS) is 11.4. The van der Waals surface area contributed by atoms with Crippen molar-refractivity contribution in [1.82, 2.24) is 0 Å². The summed E-state index contributed by atoms with van der Waals surface area (Å²) in [6.07, 6.45) is 1.89. The number of anilines is 1. The van der Waals surface area contributed by atoms with Gasteiger partial charge in [-0.1, -0.05) is 13.3 Å². The summed E-state index contributed by atoms with van der Waals surface area (Å²) in [6, 6.07) is 19.6. The third kappa shape index (κ3) is 6.70. The van der Waals surface area contributed by atoms with Crippen LogP contribution in [0.2, 0.25) is 0 Å². The predicted molar refractivity (Wildman–Crippen MR) is 122 cm³/mol. The van der Waals surface area contributed by atoms with Crippen molar-refractivity contribution in [3.8, 4) is 5.75 Å². The van der Waals surface area contributed by atoms with E-state index in [-0.39, 0.29) is 5.75 Å². The van der Waals surface area contributed by atoms with Crippen LogP contribution in [0.25, 0.3) is 0 Å². The highest BCUT2D eigenvalue weighted by molar-refractivity contribution is 5.52. The van der Waals surface area contributed by atoms with Crippen molar-refractivity contribution >= 4 is 28.4 Å². The molecule has 0 saturated heterocycles. The first-order valence-corrected chi connectivity index (χ1v) is 10.2. The molecule has 0 heterocycles. The van der Waals surface area contributed by atoms with E-state index in [1.165, 1.54) is 6.07 Å². The maximum Gasteiger partial charge on any atom is 0.167 e. The summed E-state index contributed by atoms with van der Waals surface area (Å²) in [7, 11) is 3.98. The largest absolute Gasteiger partial charge is 0.491 e. The third-order valence-corrected chi connectivity index (χ3v) is 4.45. The molecule has 160 valence electrons. The van der Waals surface area contributed by atoms with Gasteiger partial charge in [0.25, 0.3) is 0 Å². The zero-order valence-corrected chi connectivity index (χ0v) is 18.0. The molecule has 0 radical (unpaired) electrons. The molecule has 0 fully saturated rings. The van der Waals surface area contributed by atoms with Gasteiger partial charge in [0.05, 0.1) is 29.4 Å². The number of benzene rings is 3. The lowest BCUT2D eigenvalue weighted by Gasteiger charge is -2.11. The van der Waals surface area contributed by atoms with Gasteiger partial charge in [-0.2, -0.15) is 20.5 Å². The van der Waals surface area contributed by atoms with E-state index in [0.717, 1.165) is 24.2 Å². The Kier molecular flexibility index (Phi) is 7.81. The van der Waals surface area contributed by atoms with Crippen LogP contribution < -0.4 is 9.64 Å². The van der Waals surface area contributed by atoms with Crippen molar-refractivity contribution in [1.29, 1.82) is 0 Å². The number of rotatable bonds is 9. The fourth-order valence-electron chi connectivity index (χ4n) is 2.63. The summed E-state index contributed by atoms with van der Waals surface area (Å²) in [4.78, 5) is 2.03. The molecule has 0 N–H and O–H groups in total. The van der Waals surface area contributed by atoms with Crippen molar-refractivity contribution < 1.29 is 9.13 Å². The Morgan fingerprint density at radius 3 is 1.71 bits per heavy atom. The predicted octanol–water partition coefficient (Wildman–Crippen LogP) is 7.90. The minimum atomic E-state index is -0.443. The van der Waals surface area contributed by atoms with Gasteiger partial charge in [0.15, 0.2) is 11.6 Å². The zero-order chi connectivity index (χ0) is 22.1. The Morgan fingerprint density at radius 1 is 0.742 bits per heavy atom. The van der Waals surface area contributed by atoms with Crippen molar-refractivity contribution in [2.24, 2.45) is 20.5 Å². The van der Waals surface area contributed by atoms with Crippen LogP contribution in [0.4, 0.5) is 32.8 Å². The van der Waals surface area contributed by atoms with Crippen molar-refractivity contribution in [2.75, 3.05) is 25.6 Å². The Labute approximate surface area is 182 Å². The van der Waals surface area contributed by atoms with Gasteiger partial charge in [-0.25, -0.2) is 4.39 Å². The van der Waals surface area contributed by atoms with E-state index < -0.39 is 5.82 Å². The molecule has 0 aromatic heterocycles. The van der Waals surface area contributed by atoms with Gasteiger partial charge < -0.3 is 9.64 Å². The molecular formula is C24H26FN5O. The molecule has 0 atom stereocenters. The van der Waals surface area contributed by atoms with Gasteiger partial charge in [0.2, 0.25) is 0 Å². The fourth-order valence-corrected chi connectivity index (χ4v) is 2.63. The molecule has 3 aromatic rings. The van der Waals surface area contributed by atoms with E-state index in [9.17, 15) is 4.39 Å². The molecule has 3 rings (SSSR count). The molecule has 0 saturated carbocycles. The van der Waals surface area contributed by atoms with Crippen molar-refractivity contribution in [3.05, 3.63) is 72.5 Å². The summed E-state index contributed by atoms with van der Waals surface area (Å²) in [5, 5.41) is 16.7. The average molecular weight is 420 g/mol. The molecule has 0 spiro atoms. The van der Waals surface area contributed by atoms with Crippen molar-refractivity contribution in [2.45, 2.75) is 19.8 Å². The van der Waals surface area contributed by atoms with Gasteiger partial charge >= 0.3 is 0 Å². The van der Waals surface area contributed by atoms with Crippen LogP contribution in [-0.2, 0) is 0 Å². The molecule has 7 heteroatoms. The van der Waals surface area contributed by atoms with Gasteiger partial charge in [-0.15, -0.1) is 0 Å². The van der Waals surface area contributed by atoms with Crippen LogP contribution in [0.1, 0.15) is 19.8 Å². The fraction of sp³-hybridized carbons (Fsp3) is 0.250. The van der Waals surface area contributed by atoms with E-state index in [0.29, 0.717) is 23.7 Å². The van der Waals surface area contributed by atoms with Crippen LogP contribution in [0, 0.1) is 5.82 Å². The number of hydrogen-bond donors (Lipinski definition) is 0. The van der Waals surface area contributed by atoms with Crippen LogP contribution in [0.5, 0.6) is 5.75 Å². The zero-order valence-electron chi connectivity index (χ0n) is 18.0. The molecule has 6 nitrogen and oxygen atoms in total. The first kappa shape index (κ1) is 22.1. The summed E-state index contributed by atoms with van der Waals surface area (Å²) in [6.45, 7) is 2.56. The monoisotopic (exact) mass is 419 g/mol. The van der Waals surface area contributed by atoms with Gasteiger partial charge in [0.1, 0.15) is 0 Å². The highest BCUT2D eigenvalue weighted by Gasteiger charge is 2.04. The number of unbranched alkanes of at least 4 members (excludes halogenated alkanes) is 1. The third-order valence-electron chi connectivity index (χ3n) is 4.45. The number of ether oxygens (including phenoxy) is 1. The number of halogens is 1. The summed E-state index contributed by atoms with van der Waals surface area (Å²) < 4.78 is 19.5. The molecule has 0 aliphatic carbocycles. The minimum Gasteiger partial charge on any atom is -0.491 e. The molecule has 0 amide bonds. The number of nitrogens with zero attached hydrogens (tertiary/aromatic N) is 5. The second-order valence-corrected chi connectivity index (χ2v) is 7.14. The van der Waals surface area contributed by atoms with Crippen LogP contribution >= 0.6 is 0 Å². The second-order valence-electron chi connectivity index (χ2n) is 7.14. The molecule has 0 bridgehead atoms. The molecule has 0 aliphatic rings. The first-order chi connectivity index (χ1) is 15.0. The van der Waals surface area contributed by atoms with E-state index in [2.05, 4.69) is 27.4 Å². The maximum atomic E-state index is 14.1. The van der Waals surface area contributed by atoms with Crippen LogP contribution in [0.15, 0.2) is 87.2 Å². The lowest BCUT2D eigenvalue weighted by Crippen LogP contribution is -2.07. The Hall–Kier alpha value is -3.61. The second kappa shape index (κ2) is 11.0. The molecule has 0 aliphatic heterocycles. The molecular weight excluding hydrogens is 393 g/mol. The Bertz CT molecular complexity index is 1030. The summed E-state index contributed by atoms with van der Waals surface area (Å²) in [5.41, 5.74) is 3.64. The van der Waals surface area contributed by atoms with Gasteiger partial charge in [-0.05, 0) is 67.1 Å². The van der Waals surface area contributed by atoms with E-state index in [1.807, 2.05) is 43.3 Å². The van der Waals surface area contributed by atoms with E-state index >= 15 is 0 Å². The SMILES string of the molecule is CCCCOc1ccc(N=Nc2ccc(N=Nc3ccc(N(C)C)cc3)cc2)cc1F. The van der Waals surface area contributed by atoms with Crippen LogP contribution in [-0.4, -0.2) is 20.7 Å². The van der Waals surface area contributed by atoms with Gasteiger partial charge in [-0.3, -0.25) is 0 Å². The molecule has 31 heavy (non-hydrogen) atoms. The Morgan fingerprint density at radius 2 is 1.23 bits per heavy atom. The van der Waals surface area contributed by atoms with E-state index in [4.69, 9.17) is 4.74 Å². The summed E-state index contributed by atoms with van der Waals surface area (Å²) >= 11 is 0. The lowest BCUT2D eigenvalue weighted by atomic mass is 10.3. The lowest BCUT2D eigenvalue weighted by molar-refractivity contribution is 0.294. The minimum absolute atomic E-state index is 0.235. The quantitative estimate of drug-likeness (QED) is 0.261. The molecule has 3 aromatic carbocycles. The maximum absolute atomic E-state index is 14.1. The highest BCUT2D eigenvalue weighted by Crippen LogP contribution is 2.27. The smallest absolute Gasteiger partial charge is 0.167 e. The number of azo groups is 2. The average Bonchev–Trinajstić information content (AvgIpc) is 2.78. The summed E-state index contributed by atoms with van der Waals surface area (Å²) in [5.74, 6) is -0.208. The first-order valence-electron chi connectivity index (χ1n) is 10.2.